The van der Waals surface area contributed by atoms with E-state index in [2.05, 4.69) is 33.9 Å². The molecule has 4 rings (SSSR count). The molecule has 0 unspecified atom stereocenters. The number of carbonyl (C=O) groups is 2. The van der Waals surface area contributed by atoms with Crippen molar-refractivity contribution in [1.29, 1.82) is 0 Å². The lowest BCUT2D eigenvalue weighted by Gasteiger charge is -2.26. The highest BCUT2D eigenvalue weighted by atomic mass is 16.5. The van der Waals surface area contributed by atoms with E-state index < -0.39 is 0 Å². The first-order valence-corrected chi connectivity index (χ1v) is 15.7. The van der Waals surface area contributed by atoms with E-state index in [0.29, 0.717) is 34.2 Å². The normalized spacial score (nSPS) is 13.3. The Morgan fingerprint density at radius 3 is 2.20 bits per heavy atom. The average Bonchev–Trinajstić information content (AvgIpc) is 3.04. The Balaban J connectivity index is 1.35. The van der Waals surface area contributed by atoms with Gasteiger partial charge in [-0.1, -0.05) is 45.4 Å². The van der Waals surface area contributed by atoms with Crippen molar-refractivity contribution < 1.29 is 19.1 Å². The van der Waals surface area contributed by atoms with Crippen molar-refractivity contribution in [1.82, 2.24) is 10.2 Å². The van der Waals surface area contributed by atoms with Gasteiger partial charge in [0.05, 0.1) is 7.11 Å². The topological polar surface area (TPSA) is 91.9 Å². The molecule has 3 amide bonds. The molecule has 0 saturated carbocycles. The molecule has 1 heterocycles. The van der Waals surface area contributed by atoms with E-state index in [1.165, 1.54) is 24.0 Å². The summed E-state index contributed by atoms with van der Waals surface area (Å²) in [6.45, 7) is 11.5. The van der Waals surface area contributed by atoms with Crippen molar-refractivity contribution in [3.8, 4) is 17.2 Å². The molecule has 234 valence electrons. The first kappa shape index (κ1) is 32.6. The summed E-state index contributed by atoms with van der Waals surface area (Å²) in [4.78, 5) is 27.8. The highest BCUT2D eigenvalue weighted by molar-refractivity contribution is 6.04. The van der Waals surface area contributed by atoms with Gasteiger partial charge in [0.15, 0.2) is 11.5 Å². The van der Waals surface area contributed by atoms with Crippen molar-refractivity contribution in [3.63, 3.8) is 0 Å². The van der Waals surface area contributed by atoms with E-state index in [1.54, 1.807) is 25.3 Å². The number of unbranched alkanes of at least 4 members (excludes halogenated alkanes) is 1. The molecule has 0 radical (unpaired) electrons. The van der Waals surface area contributed by atoms with Gasteiger partial charge >= 0.3 is 6.03 Å². The van der Waals surface area contributed by atoms with Gasteiger partial charge in [0.2, 0.25) is 0 Å². The Hall–Kier alpha value is -4.30. The zero-order valence-corrected chi connectivity index (χ0v) is 26.7. The molecule has 8 heteroatoms. The number of urea groups is 1. The lowest BCUT2D eigenvalue weighted by molar-refractivity contribution is 0.102. The van der Waals surface area contributed by atoms with Crippen LogP contribution in [0, 0.1) is 6.92 Å². The SMILES string of the molecule is CCCCN1CC=C(c2ccc(C(=O)Nc3ccc(Oc4ccc(NC(=O)NC(CC)CC)cc4OC)c(C)c3)cc2)CC1. The first-order valence-electron chi connectivity index (χ1n) is 15.7. The molecule has 8 nitrogen and oxygen atoms in total. The summed E-state index contributed by atoms with van der Waals surface area (Å²) >= 11 is 0. The smallest absolute Gasteiger partial charge is 0.319 e. The molecule has 3 aromatic rings. The number of nitrogens with zero attached hydrogens (tertiary/aromatic N) is 1. The maximum Gasteiger partial charge on any atom is 0.319 e. The van der Waals surface area contributed by atoms with Crippen LogP contribution in [0.1, 0.15) is 74.4 Å². The minimum atomic E-state index is -0.255. The van der Waals surface area contributed by atoms with Gasteiger partial charge in [-0.15, -0.1) is 0 Å². The second-order valence-electron chi connectivity index (χ2n) is 11.2. The Labute approximate surface area is 261 Å². The number of aryl methyl sites for hydroxylation is 1. The van der Waals surface area contributed by atoms with Gasteiger partial charge in [-0.3, -0.25) is 9.69 Å². The van der Waals surface area contributed by atoms with Crippen LogP contribution in [0.15, 0.2) is 66.7 Å². The third-order valence-corrected chi connectivity index (χ3v) is 8.03. The van der Waals surface area contributed by atoms with Crippen LogP contribution in [0.2, 0.25) is 0 Å². The monoisotopic (exact) mass is 598 g/mol. The van der Waals surface area contributed by atoms with Crippen molar-refractivity contribution in [2.45, 2.75) is 65.8 Å². The van der Waals surface area contributed by atoms with Crippen LogP contribution in [0.3, 0.4) is 0 Å². The van der Waals surface area contributed by atoms with Gasteiger partial charge in [-0.2, -0.15) is 0 Å². The average molecular weight is 599 g/mol. The summed E-state index contributed by atoms with van der Waals surface area (Å²) < 4.78 is 11.7. The van der Waals surface area contributed by atoms with Crippen LogP contribution in [0.5, 0.6) is 17.2 Å². The van der Waals surface area contributed by atoms with Crippen molar-refractivity contribution >= 4 is 28.9 Å². The third-order valence-electron chi connectivity index (χ3n) is 8.03. The maximum absolute atomic E-state index is 13.0. The number of carbonyl (C=O) groups excluding carboxylic acids is 2. The Bertz CT molecular complexity index is 1450. The van der Waals surface area contributed by atoms with Crippen LogP contribution in [-0.2, 0) is 0 Å². The number of benzene rings is 3. The number of ether oxygens (including phenoxy) is 2. The van der Waals surface area contributed by atoms with E-state index in [-0.39, 0.29) is 18.0 Å². The minimum Gasteiger partial charge on any atom is -0.493 e. The lowest BCUT2D eigenvalue weighted by Crippen LogP contribution is -2.37. The number of amides is 3. The standard InChI is InChI=1S/C36H46N4O4/c1-6-9-20-40-21-18-27(19-22-40)26-10-12-28(13-11-26)35(41)37-30-14-16-32(25(4)23-30)44-33-17-15-31(24-34(33)43-5)39-36(42)38-29(7-2)8-3/h10-18,23-24,29H,6-9,19-22H2,1-5H3,(H,37,41)(H2,38,39,42). The number of methoxy groups -OCH3 is 1. The highest BCUT2D eigenvalue weighted by Crippen LogP contribution is 2.36. The van der Waals surface area contributed by atoms with E-state index in [4.69, 9.17) is 9.47 Å². The van der Waals surface area contributed by atoms with Crippen LogP contribution in [0.25, 0.3) is 5.57 Å². The molecule has 0 saturated heterocycles. The number of anilines is 2. The molecule has 0 aliphatic carbocycles. The van der Waals surface area contributed by atoms with Crippen molar-refractivity contribution in [2.24, 2.45) is 0 Å². The lowest BCUT2D eigenvalue weighted by atomic mass is 9.98. The number of hydrogen-bond donors (Lipinski definition) is 3. The predicted molar refractivity (Wildman–Crippen MR) is 179 cm³/mol. The van der Waals surface area contributed by atoms with Gasteiger partial charge < -0.3 is 25.4 Å². The van der Waals surface area contributed by atoms with Gasteiger partial charge in [-0.05, 0) is 98.3 Å². The van der Waals surface area contributed by atoms with Crippen LogP contribution >= 0.6 is 0 Å². The van der Waals surface area contributed by atoms with Gasteiger partial charge in [0, 0.05) is 42.1 Å². The molecule has 0 fully saturated rings. The molecule has 44 heavy (non-hydrogen) atoms. The largest absolute Gasteiger partial charge is 0.493 e. The fraction of sp³-hybridized carbons (Fsp3) is 0.389. The molecule has 0 atom stereocenters. The van der Waals surface area contributed by atoms with Gasteiger partial charge in [0.1, 0.15) is 5.75 Å². The number of hydrogen-bond acceptors (Lipinski definition) is 5. The predicted octanol–water partition coefficient (Wildman–Crippen LogP) is 8.25. The van der Waals surface area contributed by atoms with E-state index in [0.717, 1.165) is 44.5 Å². The van der Waals surface area contributed by atoms with Crippen LogP contribution < -0.4 is 25.4 Å². The molecular weight excluding hydrogens is 552 g/mol. The Morgan fingerprint density at radius 1 is 0.886 bits per heavy atom. The van der Waals surface area contributed by atoms with E-state index in [1.807, 2.05) is 63.2 Å². The second-order valence-corrected chi connectivity index (χ2v) is 11.2. The van der Waals surface area contributed by atoms with Crippen molar-refractivity contribution in [3.05, 3.63) is 83.4 Å². The molecule has 1 aliphatic rings. The molecule has 0 spiro atoms. The fourth-order valence-corrected chi connectivity index (χ4v) is 5.23. The molecule has 3 aromatic carbocycles. The number of rotatable bonds is 13. The zero-order chi connectivity index (χ0) is 31.5. The summed E-state index contributed by atoms with van der Waals surface area (Å²) in [6.07, 6.45) is 7.54. The van der Waals surface area contributed by atoms with Gasteiger partial charge in [0.25, 0.3) is 5.91 Å². The van der Waals surface area contributed by atoms with E-state index >= 15 is 0 Å². The quantitative estimate of drug-likeness (QED) is 0.184. The highest BCUT2D eigenvalue weighted by Gasteiger charge is 2.15. The minimum absolute atomic E-state index is 0.127. The summed E-state index contributed by atoms with van der Waals surface area (Å²) in [7, 11) is 1.56. The summed E-state index contributed by atoms with van der Waals surface area (Å²) in [5, 5.41) is 8.81. The van der Waals surface area contributed by atoms with Crippen molar-refractivity contribution in [2.75, 3.05) is 37.4 Å². The molecule has 1 aliphatic heterocycles. The number of nitrogens with one attached hydrogen (secondary N) is 3. The van der Waals surface area contributed by atoms with Crippen LogP contribution in [0.4, 0.5) is 16.2 Å². The Kier molecular flexibility index (Phi) is 11.8. The summed E-state index contributed by atoms with van der Waals surface area (Å²) in [5.74, 6) is 1.47. The molecule has 3 N–H and O–H groups in total. The summed E-state index contributed by atoms with van der Waals surface area (Å²) in [6, 6.07) is 18.5. The third kappa shape index (κ3) is 8.86. The molecule has 0 aromatic heterocycles. The second kappa shape index (κ2) is 16.0. The van der Waals surface area contributed by atoms with Gasteiger partial charge in [-0.25, -0.2) is 4.79 Å². The zero-order valence-electron chi connectivity index (χ0n) is 26.7. The molecule has 0 bridgehead atoms. The van der Waals surface area contributed by atoms with E-state index in [9.17, 15) is 9.59 Å². The Morgan fingerprint density at radius 2 is 1.59 bits per heavy atom. The molecular formula is C36H46N4O4. The summed E-state index contributed by atoms with van der Waals surface area (Å²) in [5.41, 5.74) is 5.27. The maximum atomic E-state index is 13.0. The fourth-order valence-electron chi connectivity index (χ4n) is 5.23. The van der Waals surface area contributed by atoms with Crippen LogP contribution in [-0.4, -0.2) is 49.6 Å². The first-order chi connectivity index (χ1) is 21.3.